The second-order valence-corrected chi connectivity index (χ2v) is 19.2. The molecule has 0 radical (unpaired) electrons. The molecule has 0 aliphatic heterocycles. The van der Waals surface area contributed by atoms with Crippen molar-refractivity contribution < 1.29 is 49.2 Å². The second-order valence-electron chi connectivity index (χ2n) is 10.6. The molecule has 0 amide bonds. The van der Waals surface area contributed by atoms with Gasteiger partial charge in [-0.2, -0.15) is 0 Å². The number of rotatable bonds is 28. The summed E-state index contributed by atoms with van der Waals surface area (Å²) < 4.78 is 6.50. The first kappa shape index (κ1) is 59.3. The van der Waals surface area contributed by atoms with Gasteiger partial charge in [0.25, 0.3) is 0 Å². The van der Waals surface area contributed by atoms with Gasteiger partial charge in [-0.15, -0.1) is 13.2 Å². The minimum absolute atomic E-state index is 0.0493. The molecule has 0 aliphatic carbocycles. The molecule has 0 aromatic heterocycles. The van der Waals surface area contributed by atoms with Crippen LogP contribution in [0.4, 0.5) is 0 Å². The Hall–Kier alpha value is -0.863. The van der Waals surface area contributed by atoms with Crippen LogP contribution in [-0.2, 0) is 28.8 Å². The predicted octanol–water partition coefficient (Wildman–Crippen LogP) is 3.90. The maximum Gasteiger partial charge on any atom is 0.165 e. The van der Waals surface area contributed by atoms with Gasteiger partial charge in [0, 0.05) is 12.8 Å². The van der Waals surface area contributed by atoms with Gasteiger partial charge in [0.15, 0.2) is 12.6 Å². The van der Waals surface area contributed by atoms with Crippen molar-refractivity contribution in [3.8, 4) is 0 Å². The zero-order valence-electron chi connectivity index (χ0n) is 30.8. The molecule has 0 fully saturated rings. The molecule has 0 heterocycles. The van der Waals surface area contributed by atoms with E-state index in [1.54, 1.807) is 17.7 Å². The molecule has 0 aliphatic rings. The van der Waals surface area contributed by atoms with E-state index in [1.807, 2.05) is 0 Å². The Labute approximate surface area is 313 Å². The van der Waals surface area contributed by atoms with Crippen LogP contribution in [0, 0.1) is 0 Å². The van der Waals surface area contributed by atoms with Crippen molar-refractivity contribution in [2.24, 2.45) is 0 Å². The van der Waals surface area contributed by atoms with Gasteiger partial charge in [-0.1, -0.05) is 51.4 Å². The molecule has 0 bridgehead atoms. The molecular formula is C36H68O10Sn2. The Morgan fingerprint density at radius 3 is 0.854 bits per heavy atom. The number of hydrogen-bond donors (Lipinski definition) is 0. The molecule has 0 spiro atoms. The molecule has 0 unspecified atom stereocenters. The first-order chi connectivity index (χ1) is 23.2. The molecule has 12 heteroatoms. The predicted molar refractivity (Wildman–Crippen MR) is 190 cm³/mol. The monoisotopic (exact) mass is 900 g/mol. The summed E-state index contributed by atoms with van der Waals surface area (Å²) >= 11 is 0.299. The smallest absolute Gasteiger partial charge is 0.165 e. The Balaban J connectivity index is -0.000000112. The zero-order chi connectivity index (χ0) is 37.8. The summed E-state index contributed by atoms with van der Waals surface area (Å²) in [5.41, 5.74) is 0. The average molecular weight is 898 g/mol. The van der Waals surface area contributed by atoms with E-state index in [4.69, 9.17) is 29.4 Å². The summed E-state index contributed by atoms with van der Waals surface area (Å²) in [4.78, 5) is 55.2. The molecule has 48 heavy (non-hydrogen) atoms. The average Bonchev–Trinajstić information content (AvgIpc) is 3.09. The zero-order valence-corrected chi connectivity index (χ0v) is 36.5. The Morgan fingerprint density at radius 2 is 0.667 bits per heavy atom. The number of hydrogen-bond acceptors (Lipinski definition) is 10. The van der Waals surface area contributed by atoms with Gasteiger partial charge < -0.3 is 39.6 Å². The van der Waals surface area contributed by atoms with Crippen LogP contribution in [0.2, 0.25) is 17.7 Å². The minimum atomic E-state index is -1.68. The van der Waals surface area contributed by atoms with Gasteiger partial charge in [0.05, 0.1) is 0 Å². The van der Waals surface area contributed by atoms with Gasteiger partial charge in [-0.3, -0.25) is 9.59 Å². The van der Waals surface area contributed by atoms with Crippen molar-refractivity contribution in [2.45, 2.75) is 174 Å². The number of aldehydes is 4. The molecule has 280 valence electrons. The summed E-state index contributed by atoms with van der Waals surface area (Å²) in [5.74, 6) is -3.35. The van der Waals surface area contributed by atoms with Gasteiger partial charge in [0.1, 0.15) is 24.5 Å². The fourth-order valence-electron chi connectivity index (χ4n) is 3.18. The van der Waals surface area contributed by atoms with E-state index in [0.29, 0.717) is 12.8 Å². The first-order valence-corrected chi connectivity index (χ1v) is 26.0. The van der Waals surface area contributed by atoms with E-state index >= 15 is 0 Å². The molecule has 0 atom stereocenters. The normalized spacial score (nSPS) is 8.79. The van der Waals surface area contributed by atoms with Crippen LogP contribution < -0.4 is 20.4 Å². The van der Waals surface area contributed by atoms with E-state index in [1.165, 1.54) is 51.4 Å². The standard InChI is InChI=1S/2C8H15O2.4C4H9.2C2H2O3.2Sn/c2*9-7-5-3-1-2-4-6-8-10;4*1-3-4-2;2*3-1-2(4)5;;/h2*7H,1-6,8H2;4*1,3-4H2,2H3;2*1H,(H,4,5);;/q2*-1;;;;;;;2*+2/p-2. The first-order valence-electron chi connectivity index (χ1n) is 18.0. The SMILES string of the molecule is CCC[CH2][Sn+2][CH2]CCC.CCC[CH2][Sn+2][CH2]CCC.O=CC(=O)[O-].O=CC(=O)[O-].O=CCCCCCCC[O-].O=CCCCCCCC[O-]. The molecule has 0 saturated heterocycles. The topological polar surface area (TPSA) is 195 Å². The fraction of sp³-hybridized carbons (Fsp3) is 0.833. The van der Waals surface area contributed by atoms with Gasteiger partial charge in [0.2, 0.25) is 0 Å². The summed E-state index contributed by atoms with van der Waals surface area (Å²) in [5, 5.41) is 37.7. The second kappa shape index (κ2) is 68.2. The van der Waals surface area contributed by atoms with Crippen molar-refractivity contribution in [2.75, 3.05) is 13.2 Å². The van der Waals surface area contributed by atoms with Crippen LogP contribution in [0.3, 0.4) is 0 Å². The molecule has 0 aromatic rings. The van der Waals surface area contributed by atoms with Gasteiger partial charge >= 0.3 is 139 Å². The van der Waals surface area contributed by atoms with Gasteiger partial charge in [-0.05, 0) is 12.8 Å². The summed E-state index contributed by atoms with van der Waals surface area (Å²) in [6.07, 6.45) is 24.4. The van der Waals surface area contributed by atoms with E-state index < -0.39 is 11.9 Å². The number of carbonyl (C=O) groups is 6. The quantitative estimate of drug-likeness (QED) is 0.0481. The fourth-order valence-corrected chi connectivity index (χ4v) is 11.5. The maximum atomic E-state index is 9.96. The molecule has 0 rings (SSSR count). The number of unbranched alkanes of at least 4 members (excludes halogenated alkanes) is 14. The van der Waals surface area contributed by atoms with Crippen molar-refractivity contribution in [3.05, 3.63) is 0 Å². The third kappa shape index (κ3) is 104. The van der Waals surface area contributed by atoms with Crippen molar-refractivity contribution in [3.63, 3.8) is 0 Å². The van der Waals surface area contributed by atoms with Crippen LogP contribution in [0.15, 0.2) is 0 Å². The summed E-state index contributed by atoms with van der Waals surface area (Å²) in [6, 6.07) is 0. The van der Waals surface area contributed by atoms with Crippen LogP contribution in [0.25, 0.3) is 0 Å². The number of carboxylic acid groups (broad SMARTS) is 2. The Kier molecular flexibility index (Phi) is 84.2. The Morgan fingerprint density at radius 1 is 0.438 bits per heavy atom. The van der Waals surface area contributed by atoms with Crippen LogP contribution >= 0.6 is 0 Å². The van der Waals surface area contributed by atoms with Gasteiger partial charge in [-0.25, -0.2) is 0 Å². The van der Waals surface area contributed by atoms with E-state index in [0.717, 1.165) is 76.8 Å². The molecule has 0 saturated carbocycles. The van der Waals surface area contributed by atoms with Crippen molar-refractivity contribution >= 4 is 79.4 Å². The third-order valence-corrected chi connectivity index (χ3v) is 14.0. The summed E-state index contributed by atoms with van der Waals surface area (Å²) in [6.45, 7) is 9.26. The molecule has 0 N–H and O–H groups in total. The number of carbonyl (C=O) groups excluding carboxylic acids is 6. The third-order valence-electron chi connectivity index (χ3n) is 5.95. The number of aliphatic carboxylic acids is 2. The minimum Gasteiger partial charge on any atom is -0.854 e. The molecular weight excluding hydrogens is 830 g/mol. The van der Waals surface area contributed by atoms with E-state index in [9.17, 15) is 19.8 Å². The van der Waals surface area contributed by atoms with Crippen LogP contribution in [0.1, 0.15) is 156 Å². The maximum absolute atomic E-state index is 9.96. The van der Waals surface area contributed by atoms with Crippen LogP contribution in [-0.4, -0.2) is 92.6 Å². The number of carboxylic acids is 2. The molecule has 0 aromatic carbocycles. The molecule has 10 nitrogen and oxygen atoms in total. The van der Waals surface area contributed by atoms with Crippen LogP contribution in [0.5, 0.6) is 0 Å². The summed E-state index contributed by atoms with van der Waals surface area (Å²) in [7, 11) is 0. The van der Waals surface area contributed by atoms with Crippen molar-refractivity contribution in [1.29, 1.82) is 0 Å². The largest absolute Gasteiger partial charge is 0.854 e. The van der Waals surface area contributed by atoms with E-state index in [2.05, 4.69) is 27.7 Å². The Bertz CT molecular complexity index is 560. The van der Waals surface area contributed by atoms with Crippen molar-refractivity contribution in [1.82, 2.24) is 0 Å². The van der Waals surface area contributed by atoms with E-state index in [-0.39, 0.29) is 68.1 Å².